The topological polar surface area (TPSA) is 76.4 Å². The minimum atomic E-state index is 0. The van der Waals surface area contributed by atoms with Crippen LogP contribution in [0.2, 0.25) is 0 Å². The second-order valence-electron chi connectivity index (χ2n) is 5.21. The maximum absolute atomic E-state index is 9.44. The van der Waals surface area contributed by atoms with E-state index in [1.807, 2.05) is 24.3 Å². The number of nitrogens with one attached hydrogen (secondary N) is 1. The summed E-state index contributed by atoms with van der Waals surface area (Å²) in [6, 6.07) is 13.4. The first-order valence-electron chi connectivity index (χ1n) is 7.56. The molecular weight excluding hydrogens is 354 g/mol. The summed E-state index contributed by atoms with van der Waals surface area (Å²) in [5, 5.41) is 13.6. The third kappa shape index (κ3) is 3.44. The lowest BCUT2D eigenvalue weighted by atomic mass is 10.1. The molecule has 6 nitrogen and oxygen atoms in total. The van der Waals surface area contributed by atoms with Crippen LogP contribution in [-0.2, 0) is 0 Å². The van der Waals surface area contributed by atoms with Gasteiger partial charge < -0.3 is 19.5 Å². The zero-order chi connectivity index (χ0) is 17.8. The first-order chi connectivity index (χ1) is 12.2. The van der Waals surface area contributed by atoms with Gasteiger partial charge in [0.25, 0.3) is 0 Å². The van der Waals surface area contributed by atoms with Crippen molar-refractivity contribution in [3.63, 3.8) is 0 Å². The van der Waals surface area contributed by atoms with Crippen molar-refractivity contribution in [2.24, 2.45) is 0 Å². The Labute approximate surface area is 157 Å². The number of nitrogens with zero attached hydrogens (tertiary/aromatic N) is 2. The Hall–Kier alpha value is -3.17. The number of para-hydroxylation sites is 1. The predicted octanol–water partition coefficient (Wildman–Crippen LogP) is 4.30. The van der Waals surface area contributed by atoms with Gasteiger partial charge in [0, 0.05) is 29.4 Å². The molecule has 0 aliphatic carbocycles. The highest BCUT2D eigenvalue weighted by Gasteiger charge is 2.15. The summed E-state index contributed by atoms with van der Waals surface area (Å²) in [7, 11) is 4.67. The van der Waals surface area contributed by atoms with Gasteiger partial charge in [-0.15, -0.1) is 12.4 Å². The number of hydrogen-bond donors (Lipinski definition) is 1. The first kappa shape index (κ1) is 19.2. The van der Waals surface area contributed by atoms with E-state index in [4.69, 9.17) is 14.2 Å². The number of ether oxygens (including phenoxy) is 3. The second kappa shape index (κ2) is 8.28. The molecule has 1 N–H and O–H groups in total. The van der Waals surface area contributed by atoms with E-state index >= 15 is 0 Å². The van der Waals surface area contributed by atoms with E-state index < -0.39 is 0 Å². The van der Waals surface area contributed by atoms with Crippen LogP contribution in [0.3, 0.4) is 0 Å². The molecule has 0 aliphatic heterocycles. The summed E-state index contributed by atoms with van der Waals surface area (Å²) in [6.07, 6.45) is 1.56. The molecule has 0 fully saturated rings. The molecule has 0 saturated heterocycles. The number of halogens is 1. The predicted molar refractivity (Wildman–Crippen MR) is 103 cm³/mol. The molecule has 0 atom stereocenters. The molecule has 1 heterocycles. The van der Waals surface area contributed by atoms with Crippen molar-refractivity contribution in [3.8, 4) is 23.3 Å². The van der Waals surface area contributed by atoms with E-state index in [0.29, 0.717) is 34.2 Å². The number of hydrogen-bond acceptors (Lipinski definition) is 6. The summed E-state index contributed by atoms with van der Waals surface area (Å²) in [5.74, 6) is 1.57. The Morgan fingerprint density at radius 1 is 1.00 bits per heavy atom. The van der Waals surface area contributed by atoms with Crippen LogP contribution in [0.4, 0.5) is 11.4 Å². The summed E-state index contributed by atoms with van der Waals surface area (Å²) >= 11 is 0. The van der Waals surface area contributed by atoms with Gasteiger partial charge in [0.1, 0.15) is 6.07 Å². The molecule has 0 spiro atoms. The average Bonchev–Trinajstić information content (AvgIpc) is 2.67. The van der Waals surface area contributed by atoms with Crippen molar-refractivity contribution in [3.05, 3.63) is 48.2 Å². The minimum absolute atomic E-state index is 0. The molecule has 0 bridgehead atoms. The number of benzene rings is 2. The van der Waals surface area contributed by atoms with E-state index in [2.05, 4.69) is 16.4 Å². The van der Waals surface area contributed by atoms with E-state index in [1.165, 1.54) is 0 Å². The molecule has 3 aromatic rings. The van der Waals surface area contributed by atoms with Crippen molar-refractivity contribution in [2.45, 2.75) is 0 Å². The second-order valence-corrected chi connectivity index (χ2v) is 5.21. The van der Waals surface area contributed by atoms with Crippen LogP contribution in [0.1, 0.15) is 5.56 Å². The van der Waals surface area contributed by atoms with E-state index in [1.54, 1.807) is 39.7 Å². The van der Waals surface area contributed by atoms with Gasteiger partial charge in [-0.2, -0.15) is 5.26 Å². The Morgan fingerprint density at radius 2 is 1.65 bits per heavy atom. The lowest BCUT2D eigenvalue weighted by Gasteiger charge is -2.16. The number of nitriles is 1. The smallest absolute Gasteiger partial charge is 0.203 e. The number of pyridine rings is 1. The Kier molecular flexibility index (Phi) is 6.10. The van der Waals surface area contributed by atoms with Gasteiger partial charge in [-0.05, 0) is 6.07 Å². The van der Waals surface area contributed by atoms with Crippen LogP contribution < -0.4 is 19.5 Å². The Morgan fingerprint density at radius 3 is 2.23 bits per heavy atom. The van der Waals surface area contributed by atoms with Gasteiger partial charge in [0.05, 0.1) is 38.1 Å². The fraction of sp³-hybridized carbons (Fsp3) is 0.158. The monoisotopic (exact) mass is 371 g/mol. The minimum Gasteiger partial charge on any atom is -0.493 e. The maximum Gasteiger partial charge on any atom is 0.203 e. The van der Waals surface area contributed by atoms with Gasteiger partial charge >= 0.3 is 0 Å². The Bertz CT molecular complexity index is 945. The van der Waals surface area contributed by atoms with Crippen LogP contribution in [0.15, 0.2) is 42.6 Å². The van der Waals surface area contributed by atoms with Gasteiger partial charge in [-0.25, -0.2) is 0 Å². The third-order valence-corrected chi connectivity index (χ3v) is 3.83. The van der Waals surface area contributed by atoms with E-state index in [9.17, 15) is 5.26 Å². The highest BCUT2D eigenvalue weighted by Crippen LogP contribution is 2.41. The van der Waals surface area contributed by atoms with Crippen LogP contribution in [-0.4, -0.2) is 26.3 Å². The van der Waals surface area contributed by atoms with Crippen LogP contribution in [0.25, 0.3) is 10.9 Å². The molecule has 0 unspecified atom stereocenters. The lowest BCUT2D eigenvalue weighted by Crippen LogP contribution is -2.00. The number of anilines is 2. The van der Waals surface area contributed by atoms with Crippen LogP contribution in [0, 0.1) is 11.3 Å². The van der Waals surface area contributed by atoms with Crippen molar-refractivity contribution in [1.82, 2.24) is 4.98 Å². The standard InChI is InChI=1S/C19H17N3O3.ClH/c1-23-16-8-13(9-17(24-2)19(16)25-3)22-18-12(10-20)11-21-15-7-5-4-6-14(15)18;/h4-9,11H,1-3H3,(H,21,22);1H. The van der Waals surface area contributed by atoms with Crippen LogP contribution in [0.5, 0.6) is 17.2 Å². The quantitative estimate of drug-likeness (QED) is 0.720. The highest BCUT2D eigenvalue weighted by molar-refractivity contribution is 5.95. The SMILES string of the molecule is COc1cc(Nc2c(C#N)cnc3ccccc23)cc(OC)c1OC.Cl. The molecule has 2 aromatic carbocycles. The molecule has 1 aromatic heterocycles. The summed E-state index contributed by atoms with van der Waals surface area (Å²) in [4.78, 5) is 4.32. The van der Waals surface area contributed by atoms with E-state index in [0.717, 1.165) is 10.9 Å². The normalized spacial score (nSPS) is 9.77. The largest absolute Gasteiger partial charge is 0.493 e. The molecule has 3 rings (SSSR count). The molecule has 0 amide bonds. The summed E-state index contributed by atoms with van der Waals surface area (Å²) in [5.41, 5.74) is 2.65. The van der Waals surface area contributed by atoms with Gasteiger partial charge in [-0.1, -0.05) is 18.2 Å². The van der Waals surface area contributed by atoms with Crippen molar-refractivity contribution >= 4 is 34.7 Å². The van der Waals surface area contributed by atoms with Gasteiger partial charge in [0.15, 0.2) is 11.5 Å². The van der Waals surface area contributed by atoms with Crippen molar-refractivity contribution in [1.29, 1.82) is 5.26 Å². The molecule has 0 saturated carbocycles. The van der Waals surface area contributed by atoms with E-state index in [-0.39, 0.29) is 12.4 Å². The number of rotatable bonds is 5. The van der Waals surface area contributed by atoms with Gasteiger partial charge in [0.2, 0.25) is 5.75 Å². The zero-order valence-corrected chi connectivity index (χ0v) is 15.4. The van der Waals surface area contributed by atoms with Crippen molar-refractivity contribution in [2.75, 3.05) is 26.6 Å². The molecule has 134 valence electrons. The van der Waals surface area contributed by atoms with Crippen molar-refractivity contribution < 1.29 is 14.2 Å². The Balaban J connectivity index is 0.00000243. The number of aromatic nitrogens is 1. The van der Waals surface area contributed by atoms with Gasteiger partial charge in [-0.3, -0.25) is 4.98 Å². The molecular formula is C19H18ClN3O3. The summed E-state index contributed by atoms with van der Waals surface area (Å²) in [6.45, 7) is 0. The third-order valence-electron chi connectivity index (χ3n) is 3.83. The summed E-state index contributed by atoms with van der Waals surface area (Å²) < 4.78 is 16.1. The molecule has 0 aliphatic rings. The fourth-order valence-corrected chi connectivity index (χ4v) is 2.66. The highest BCUT2D eigenvalue weighted by atomic mass is 35.5. The molecule has 0 radical (unpaired) electrons. The first-order valence-corrected chi connectivity index (χ1v) is 7.56. The maximum atomic E-state index is 9.44. The fourth-order valence-electron chi connectivity index (χ4n) is 2.66. The molecule has 7 heteroatoms. The van der Waals surface area contributed by atoms with Crippen LogP contribution >= 0.6 is 12.4 Å². The lowest BCUT2D eigenvalue weighted by molar-refractivity contribution is 0.324. The average molecular weight is 372 g/mol. The number of fused-ring (bicyclic) bond motifs is 1. The molecule has 26 heavy (non-hydrogen) atoms. The zero-order valence-electron chi connectivity index (χ0n) is 14.6. The number of methoxy groups -OCH3 is 3.